The van der Waals surface area contributed by atoms with E-state index in [2.05, 4.69) is 10.6 Å². The number of benzene rings is 3. The third-order valence-corrected chi connectivity index (χ3v) is 7.16. The van der Waals surface area contributed by atoms with E-state index in [0.29, 0.717) is 28.1 Å². The summed E-state index contributed by atoms with van der Waals surface area (Å²) in [6.45, 7) is 12.4. The second-order valence-electron chi connectivity index (χ2n) is 13.7. The van der Waals surface area contributed by atoms with Crippen molar-refractivity contribution in [2.24, 2.45) is 5.92 Å². The Bertz CT molecular complexity index is 1560. The summed E-state index contributed by atoms with van der Waals surface area (Å²) in [6.07, 6.45) is -0.827. The van der Waals surface area contributed by atoms with Gasteiger partial charge < -0.3 is 24.8 Å². The van der Waals surface area contributed by atoms with Crippen molar-refractivity contribution in [2.75, 3.05) is 11.9 Å². The Kier molecular flexibility index (Phi) is 10.3. The van der Waals surface area contributed by atoms with Crippen LogP contribution in [0.15, 0.2) is 60.7 Å². The van der Waals surface area contributed by atoms with E-state index in [1.54, 1.807) is 109 Å². The van der Waals surface area contributed by atoms with Crippen LogP contribution in [0.2, 0.25) is 0 Å². The van der Waals surface area contributed by atoms with Gasteiger partial charge in [-0.2, -0.15) is 0 Å². The van der Waals surface area contributed by atoms with Crippen molar-refractivity contribution < 1.29 is 37.0 Å². The van der Waals surface area contributed by atoms with Gasteiger partial charge in [0.15, 0.2) is 0 Å². The molecule has 0 bridgehead atoms. The Balaban J connectivity index is 1.60. The van der Waals surface area contributed by atoms with Crippen LogP contribution in [-0.2, 0) is 27.3 Å². The molecule has 10 heteroatoms. The predicted molar refractivity (Wildman–Crippen MR) is 171 cm³/mol. The number of amides is 1. The molecule has 3 aromatic rings. The quantitative estimate of drug-likeness (QED) is 0.204. The zero-order chi connectivity index (χ0) is 33.9. The van der Waals surface area contributed by atoms with Gasteiger partial charge in [-0.05, 0) is 83.9 Å². The lowest BCUT2D eigenvalue weighted by Gasteiger charge is -2.22. The van der Waals surface area contributed by atoms with Crippen molar-refractivity contribution in [1.82, 2.24) is 5.32 Å². The number of nitrogens with one attached hydrogen (secondary N) is 2. The minimum absolute atomic E-state index is 0.0173. The Morgan fingerprint density at radius 3 is 2.28 bits per heavy atom. The number of alkyl carbamates (subject to hydrolysis) is 1. The van der Waals surface area contributed by atoms with Gasteiger partial charge in [0.2, 0.25) is 0 Å². The maximum absolute atomic E-state index is 16.0. The summed E-state index contributed by atoms with van der Waals surface area (Å²) in [6, 6.07) is 16.6. The Hall–Kier alpha value is -4.21. The maximum Gasteiger partial charge on any atom is 0.408 e. The summed E-state index contributed by atoms with van der Waals surface area (Å²) < 4.78 is 60.2. The van der Waals surface area contributed by atoms with E-state index >= 15 is 4.39 Å². The number of hydrogen-bond donors (Lipinski definition) is 2. The summed E-state index contributed by atoms with van der Waals surface area (Å²) >= 11 is 0. The van der Waals surface area contributed by atoms with Crippen molar-refractivity contribution in [3.63, 3.8) is 0 Å². The number of esters is 1. The smallest absolute Gasteiger partial charge is 0.408 e. The normalized spacial score (nSPS) is 16.3. The fourth-order valence-corrected chi connectivity index (χ4v) is 4.92. The van der Waals surface area contributed by atoms with Crippen LogP contribution in [-0.4, -0.2) is 35.7 Å². The lowest BCUT2D eigenvalue weighted by atomic mass is 9.97. The van der Waals surface area contributed by atoms with Gasteiger partial charge in [0.1, 0.15) is 29.4 Å². The molecule has 2 atom stereocenters. The van der Waals surface area contributed by atoms with Crippen LogP contribution in [0.3, 0.4) is 0 Å². The topological polar surface area (TPSA) is 85.9 Å². The number of hydrogen-bond acceptors (Lipinski definition) is 6. The lowest BCUT2D eigenvalue weighted by Crippen LogP contribution is -2.34. The van der Waals surface area contributed by atoms with E-state index in [4.69, 9.17) is 14.2 Å². The number of alkyl halides is 2. The van der Waals surface area contributed by atoms with E-state index in [1.807, 2.05) is 0 Å². The highest BCUT2D eigenvalue weighted by Crippen LogP contribution is 2.48. The second kappa shape index (κ2) is 13.6. The van der Waals surface area contributed by atoms with Crippen molar-refractivity contribution in [3.05, 3.63) is 83.2 Å². The Morgan fingerprint density at radius 2 is 1.63 bits per heavy atom. The lowest BCUT2D eigenvalue weighted by molar-refractivity contribution is -0.153. The van der Waals surface area contributed by atoms with Crippen molar-refractivity contribution in [3.8, 4) is 16.9 Å². The molecule has 0 spiro atoms. The van der Waals surface area contributed by atoms with Crippen LogP contribution in [0.25, 0.3) is 11.1 Å². The molecule has 1 fully saturated rings. The third-order valence-electron chi connectivity index (χ3n) is 7.16. The Labute approximate surface area is 268 Å². The van der Waals surface area contributed by atoms with Crippen LogP contribution in [0, 0.1) is 11.7 Å². The minimum Gasteiger partial charge on any atom is -0.489 e. The maximum atomic E-state index is 16.0. The standard InChI is InChI=1S/C36H43F3N2O5/c1-22(41-33(43)46-35(5,6)7)28-12-10-13-29(32(28)37)25-15-23(16-27(17-25)40-20-26-19-36(26,38)39)21-44-30-14-9-8-11-24(30)18-31(42)45-34(2,3)4/h8-17,22,26,40H,18-21H2,1-7H3,(H,41,43). The molecular formula is C36H43F3N2O5. The molecule has 3 aromatic carbocycles. The number of rotatable bonds is 11. The molecule has 0 saturated heterocycles. The largest absolute Gasteiger partial charge is 0.489 e. The first-order valence-corrected chi connectivity index (χ1v) is 15.4. The van der Waals surface area contributed by atoms with Gasteiger partial charge >= 0.3 is 12.1 Å². The number of anilines is 1. The number of ether oxygens (including phenoxy) is 3. The molecule has 1 saturated carbocycles. The first-order chi connectivity index (χ1) is 21.4. The molecule has 2 unspecified atom stereocenters. The Morgan fingerprint density at radius 1 is 0.957 bits per heavy atom. The van der Waals surface area contributed by atoms with E-state index in [1.165, 1.54) is 0 Å². The van der Waals surface area contributed by atoms with Gasteiger partial charge in [-0.15, -0.1) is 0 Å². The molecule has 1 amide bonds. The van der Waals surface area contributed by atoms with Crippen LogP contribution in [0.4, 0.5) is 23.7 Å². The zero-order valence-corrected chi connectivity index (χ0v) is 27.4. The van der Waals surface area contributed by atoms with Gasteiger partial charge in [-0.25, -0.2) is 18.0 Å². The summed E-state index contributed by atoms with van der Waals surface area (Å²) in [5.41, 5.74) is 1.51. The second-order valence-corrected chi connectivity index (χ2v) is 13.7. The molecule has 0 aromatic heterocycles. The van der Waals surface area contributed by atoms with Crippen LogP contribution >= 0.6 is 0 Å². The van der Waals surface area contributed by atoms with Gasteiger partial charge in [-0.3, -0.25) is 4.79 Å². The first kappa shape index (κ1) is 34.7. The highest BCUT2D eigenvalue weighted by molar-refractivity contribution is 5.74. The molecule has 4 rings (SSSR count). The van der Waals surface area contributed by atoms with Crippen LogP contribution < -0.4 is 15.4 Å². The third kappa shape index (κ3) is 9.89. The fraction of sp³-hybridized carbons (Fsp3) is 0.444. The number of carbonyl (C=O) groups is 2. The van der Waals surface area contributed by atoms with Crippen molar-refractivity contribution >= 4 is 17.7 Å². The van der Waals surface area contributed by atoms with Crippen molar-refractivity contribution in [1.29, 1.82) is 0 Å². The highest BCUT2D eigenvalue weighted by Gasteiger charge is 2.56. The average Bonchev–Trinajstić information content (AvgIpc) is 3.55. The molecule has 46 heavy (non-hydrogen) atoms. The van der Waals surface area contributed by atoms with Gasteiger partial charge in [-0.1, -0.05) is 36.4 Å². The van der Waals surface area contributed by atoms with E-state index in [9.17, 15) is 18.4 Å². The molecule has 0 aliphatic heterocycles. The molecule has 2 N–H and O–H groups in total. The number of para-hydroxylation sites is 1. The fourth-order valence-electron chi connectivity index (χ4n) is 4.92. The van der Waals surface area contributed by atoms with Gasteiger partial charge in [0.05, 0.1) is 12.5 Å². The molecular weight excluding hydrogens is 597 g/mol. The summed E-state index contributed by atoms with van der Waals surface area (Å²) in [4.78, 5) is 24.9. The highest BCUT2D eigenvalue weighted by atomic mass is 19.3. The monoisotopic (exact) mass is 640 g/mol. The number of halogens is 3. The summed E-state index contributed by atoms with van der Waals surface area (Å²) in [5, 5.41) is 5.76. The average molecular weight is 641 g/mol. The molecule has 1 aliphatic carbocycles. The first-order valence-electron chi connectivity index (χ1n) is 15.4. The molecule has 0 radical (unpaired) electrons. The van der Waals surface area contributed by atoms with Crippen LogP contribution in [0.1, 0.15) is 77.6 Å². The van der Waals surface area contributed by atoms with E-state index in [-0.39, 0.29) is 43.1 Å². The molecule has 0 heterocycles. The van der Waals surface area contributed by atoms with Gasteiger partial charge in [0.25, 0.3) is 5.92 Å². The van der Waals surface area contributed by atoms with Crippen LogP contribution in [0.5, 0.6) is 5.75 Å². The number of carbonyl (C=O) groups excluding carboxylic acids is 2. The minimum atomic E-state index is -2.69. The SMILES string of the molecule is CC(NC(=O)OC(C)(C)C)c1cccc(-c2cc(COc3ccccc3CC(=O)OC(C)(C)C)cc(NCC3CC3(F)F)c2)c1F. The zero-order valence-electron chi connectivity index (χ0n) is 27.4. The molecule has 1 aliphatic rings. The summed E-state index contributed by atoms with van der Waals surface area (Å²) in [5.74, 6) is -3.89. The molecule has 7 nitrogen and oxygen atoms in total. The van der Waals surface area contributed by atoms with E-state index in [0.717, 1.165) is 0 Å². The summed E-state index contributed by atoms with van der Waals surface area (Å²) in [7, 11) is 0. The van der Waals surface area contributed by atoms with Gasteiger partial charge in [0, 0.05) is 41.3 Å². The van der Waals surface area contributed by atoms with E-state index < -0.39 is 41.0 Å². The molecule has 248 valence electrons. The van der Waals surface area contributed by atoms with Crippen molar-refractivity contribution in [2.45, 2.75) is 91.1 Å². The predicted octanol–water partition coefficient (Wildman–Crippen LogP) is 8.61.